The van der Waals surface area contributed by atoms with Gasteiger partial charge in [0.15, 0.2) is 0 Å². The number of carbonyl (C=O) groups is 3. The molecule has 3 amide bonds. The van der Waals surface area contributed by atoms with Crippen molar-refractivity contribution in [3.8, 4) is 11.1 Å². The molecule has 2 fully saturated rings. The predicted octanol–water partition coefficient (Wildman–Crippen LogP) is 3.65. The van der Waals surface area contributed by atoms with E-state index in [1.807, 2.05) is 54.6 Å². The van der Waals surface area contributed by atoms with Gasteiger partial charge < -0.3 is 10.1 Å². The fourth-order valence-electron chi connectivity index (χ4n) is 4.06. The summed E-state index contributed by atoms with van der Waals surface area (Å²) in [5.74, 6) is -0.630. The van der Waals surface area contributed by atoms with Gasteiger partial charge in [-0.1, -0.05) is 67.4 Å². The van der Waals surface area contributed by atoms with Crippen LogP contribution in [0.3, 0.4) is 0 Å². The first-order valence-corrected chi connectivity index (χ1v) is 10.0. The largest absolute Gasteiger partial charge is 0.461 e. The predicted molar refractivity (Wildman–Crippen MR) is 108 cm³/mol. The number of hydrogen-bond donors (Lipinski definition) is 1. The Hall–Kier alpha value is -3.15. The Morgan fingerprint density at radius 3 is 2.31 bits per heavy atom. The summed E-state index contributed by atoms with van der Waals surface area (Å²) in [6, 6.07) is 17.5. The van der Waals surface area contributed by atoms with E-state index in [9.17, 15) is 14.4 Å². The maximum absolute atomic E-state index is 12.6. The number of ether oxygens (including phenoxy) is 1. The molecule has 1 spiro atoms. The Balaban J connectivity index is 1.26. The molecule has 2 aromatic carbocycles. The lowest BCUT2D eigenvalue weighted by Gasteiger charge is -2.19. The zero-order valence-corrected chi connectivity index (χ0v) is 16.2. The summed E-state index contributed by atoms with van der Waals surface area (Å²) in [4.78, 5) is 37.9. The van der Waals surface area contributed by atoms with Gasteiger partial charge in [-0.05, 0) is 29.5 Å². The van der Waals surface area contributed by atoms with Crippen LogP contribution in [0.25, 0.3) is 11.1 Å². The number of nitrogens with zero attached hydrogens (tertiary/aromatic N) is 1. The average Bonchev–Trinajstić information content (AvgIpc) is 3.31. The van der Waals surface area contributed by atoms with Crippen LogP contribution in [0.5, 0.6) is 0 Å². The summed E-state index contributed by atoms with van der Waals surface area (Å²) in [5, 5.41) is 2.81. The number of amides is 3. The number of urea groups is 1. The number of rotatable bonds is 6. The smallest absolute Gasteiger partial charge is 0.325 e. The third-order valence-electron chi connectivity index (χ3n) is 5.70. The van der Waals surface area contributed by atoms with Crippen LogP contribution in [0.1, 0.15) is 37.7 Å². The molecule has 0 radical (unpaired) electrons. The molecule has 1 aliphatic heterocycles. The van der Waals surface area contributed by atoms with Crippen molar-refractivity contribution in [2.75, 3.05) is 6.54 Å². The molecule has 2 aliphatic rings. The first kappa shape index (κ1) is 19.2. The first-order valence-electron chi connectivity index (χ1n) is 10.0. The van der Waals surface area contributed by atoms with Crippen molar-refractivity contribution in [2.45, 2.75) is 44.2 Å². The topological polar surface area (TPSA) is 75.7 Å². The molecule has 29 heavy (non-hydrogen) atoms. The van der Waals surface area contributed by atoms with Crippen molar-refractivity contribution in [1.82, 2.24) is 10.2 Å². The molecular weight excluding hydrogens is 368 g/mol. The second-order valence-electron chi connectivity index (χ2n) is 7.65. The summed E-state index contributed by atoms with van der Waals surface area (Å²) in [7, 11) is 0. The van der Waals surface area contributed by atoms with Gasteiger partial charge >= 0.3 is 12.0 Å². The zero-order valence-electron chi connectivity index (χ0n) is 16.2. The molecule has 1 saturated carbocycles. The minimum atomic E-state index is -0.735. The highest BCUT2D eigenvalue weighted by molar-refractivity contribution is 6.07. The fraction of sp³-hybridized carbons (Fsp3) is 0.348. The molecule has 4 rings (SSSR count). The van der Waals surface area contributed by atoms with Gasteiger partial charge in [0.1, 0.15) is 12.1 Å². The number of nitrogens with one attached hydrogen (secondary N) is 1. The molecule has 1 N–H and O–H groups in total. The Morgan fingerprint density at radius 1 is 0.966 bits per heavy atom. The summed E-state index contributed by atoms with van der Waals surface area (Å²) in [5.41, 5.74) is 2.38. The van der Waals surface area contributed by atoms with Crippen LogP contribution in [0.4, 0.5) is 4.79 Å². The van der Waals surface area contributed by atoms with Crippen LogP contribution in [-0.4, -0.2) is 34.9 Å². The molecule has 0 unspecified atom stereocenters. The van der Waals surface area contributed by atoms with Gasteiger partial charge in [0, 0.05) is 6.54 Å². The second-order valence-corrected chi connectivity index (χ2v) is 7.65. The molecule has 0 aromatic heterocycles. The van der Waals surface area contributed by atoms with E-state index < -0.39 is 17.5 Å². The summed E-state index contributed by atoms with van der Waals surface area (Å²) >= 11 is 0. The highest BCUT2D eigenvalue weighted by Crippen LogP contribution is 2.35. The first-order chi connectivity index (χ1) is 14.1. The summed E-state index contributed by atoms with van der Waals surface area (Å²) in [6.45, 7) is 0.218. The normalized spacial score (nSPS) is 17.6. The van der Waals surface area contributed by atoms with Crippen LogP contribution >= 0.6 is 0 Å². The van der Waals surface area contributed by atoms with Crippen LogP contribution in [0.15, 0.2) is 54.6 Å². The van der Waals surface area contributed by atoms with Crippen molar-refractivity contribution in [1.29, 1.82) is 0 Å². The lowest BCUT2D eigenvalue weighted by atomic mass is 9.98. The van der Waals surface area contributed by atoms with E-state index in [-0.39, 0.29) is 25.5 Å². The number of carbonyl (C=O) groups excluding carboxylic acids is 3. The van der Waals surface area contributed by atoms with Crippen molar-refractivity contribution < 1.29 is 19.1 Å². The molecule has 150 valence electrons. The Bertz CT molecular complexity index is 902. The molecular formula is C23H24N2O4. The van der Waals surface area contributed by atoms with E-state index in [1.165, 1.54) is 0 Å². The third kappa shape index (κ3) is 4.01. The molecule has 1 saturated heterocycles. The van der Waals surface area contributed by atoms with Crippen LogP contribution in [0, 0.1) is 0 Å². The van der Waals surface area contributed by atoms with Crippen molar-refractivity contribution in [2.24, 2.45) is 0 Å². The molecule has 1 heterocycles. The molecule has 6 heteroatoms. The number of esters is 1. The van der Waals surface area contributed by atoms with Crippen LogP contribution < -0.4 is 5.32 Å². The number of hydrogen-bond acceptors (Lipinski definition) is 4. The summed E-state index contributed by atoms with van der Waals surface area (Å²) in [6.07, 6.45) is 3.22. The minimum Gasteiger partial charge on any atom is -0.461 e. The summed E-state index contributed by atoms with van der Waals surface area (Å²) < 4.78 is 5.31. The second kappa shape index (κ2) is 8.07. The van der Waals surface area contributed by atoms with Gasteiger partial charge in [-0.15, -0.1) is 0 Å². The SMILES string of the molecule is O=C(CCN1C(=O)NC2(CCCC2)C1=O)OCc1ccc(-c2ccccc2)cc1. The minimum absolute atomic E-state index is 0.00264. The van der Waals surface area contributed by atoms with E-state index in [4.69, 9.17) is 4.74 Å². The van der Waals surface area contributed by atoms with Crippen LogP contribution in [-0.2, 0) is 20.9 Å². The van der Waals surface area contributed by atoms with Gasteiger partial charge in [-0.2, -0.15) is 0 Å². The van der Waals surface area contributed by atoms with E-state index in [2.05, 4.69) is 5.32 Å². The van der Waals surface area contributed by atoms with Crippen molar-refractivity contribution >= 4 is 17.9 Å². The van der Waals surface area contributed by atoms with Crippen molar-refractivity contribution in [3.05, 3.63) is 60.2 Å². The maximum atomic E-state index is 12.6. The van der Waals surface area contributed by atoms with E-state index in [0.717, 1.165) is 34.4 Å². The lowest BCUT2D eigenvalue weighted by Crippen LogP contribution is -2.44. The van der Waals surface area contributed by atoms with Gasteiger partial charge in [-0.3, -0.25) is 14.5 Å². The molecule has 1 aliphatic carbocycles. The highest BCUT2D eigenvalue weighted by atomic mass is 16.5. The Kier molecular flexibility index (Phi) is 5.34. The van der Waals surface area contributed by atoms with E-state index in [1.54, 1.807) is 0 Å². The Labute approximate surface area is 169 Å². The maximum Gasteiger partial charge on any atom is 0.325 e. The monoisotopic (exact) mass is 392 g/mol. The van der Waals surface area contributed by atoms with Gasteiger partial charge in [0.25, 0.3) is 5.91 Å². The molecule has 0 atom stereocenters. The standard InChI is InChI=1S/C23H24N2O4/c26-20(12-15-25-21(27)23(24-22(25)28)13-4-5-14-23)29-16-17-8-10-19(11-9-17)18-6-2-1-3-7-18/h1-3,6-11H,4-5,12-16H2,(H,24,28). The Morgan fingerprint density at radius 2 is 1.62 bits per heavy atom. The van der Waals surface area contributed by atoms with E-state index in [0.29, 0.717) is 12.8 Å². The van der Waals surface area contributed by atoms with Gasteiger partial charge in [0.2, 0.25) is 0 Å². The van der Waals surface area contributed by atoms with Gasteiger partial charge in [-0.25, -0.2) is 4.79 Å². The fourth-order valence-corrected chi connectivity index (χ4v) is 4.06. The van der Waals surface area contributed by atoms with E-state index >= 15 is 0 Å². The third-order valence-corrected chi connectivity index (χ3v) is 5.70. The van der Waals surface area contributed by atoms with Crippen LogP contribution in [0.2, 0.25) is 0 Å². The van der Waals surface area contributed by atoms with Crippen molar-refractivity contribution in [3.63, 3.8) is 0 Å². The molecule has 2 aromatic rings. The molecule has 0 bridgehead atoms. The lowest BCUT2D eigenvalue weighted by molar-refractivity contribution is -0.145. The highest BCUT2D eigenvalue weighted by Gasteiger charge is 2.52. The average molecular weight is 392 g/mol. The quantitative estimate of drug-likeness (QED) is 0.601. The number of benzene rings is 2. The molecule has 6 nitrogen and oxygen atoms in total. The zero-order chi connectivity index (χ0) is 20.3. The number of imide groups is 1. The van der Waals surface area contributed by atoms with Gasteiger partial charge in [0.05, 0.1) is 6.42 Å².